The smallest absolute Gasteiger partial charge is 0.121 e. The first-order chi connectivity index (χ1) is 9.24. The highest BCUT2D eigenvalue weighted by molar-refractivity contribution is 5.55. The summed E-state index contributed by atoms with van der Waals surface area (Å²) in [5, 5.41) is 3.77. The Morgan fingerprint density at radius 2 is 1.74 bits per heavy atom. The molecule has 4 aliphatic rings. The lowest BCUT2D eigenvalue weighted by atomic mass is 9.74. The SMILES string of the molecule is COc1ccc(N2C3CC4CC2CC(C3)N4)cc1C. The molecule has 4 heterocycles. The Balaban J connectivity index is 1.67. The third kappa shape index (κ3) is 1.75. The van der Waals surface area contributed by atoms with Crippen LogP contribution in [-0.4, -0.2) is 31.3 Å². The number of piperidine rings is 4. The van der Waals surface area contributed by atoms with E-state index in [1.165, 1.54) is 36.9 Å². The van der Waals surface area contributed by atoms with E-state index in [4.69, 9.17) is 4.74 Å². The molecule has 3 heteroatoms. The van der Waals surface area contributed by atoms with E-state index in [1.54, 1.807) is 7.11 Å². The van der Waals surface area contributed by atoms with Gasteiger partial charge in [-0.25, -0.2) is 0 Å². The van der Waals surface area contributed by atoms with Gasteiger partial charge in [-0.2, -0.15) is 0 Å². The zero-order valence-corrected chi connectivity index (χ0v) is 11.7. The molecular formula is C16H22N2O. The van der Waals surface area contributed by atoms with Gasteiger partial charge in [0.15, 0.2) is 0 Å². The molecule has 0 unspecified atom stereocenters. The molecule has 1 aromatic carbocycles. The summed E-state index contributed by atoms with van der Waals surface area (Å²) in [4.78, 5) is 2.69. The Bertz CT molecular complexity index is 472. The summed E-state index contributed by atoms with van der Waals surface area (Å²) in [6.45, 7) is 2.14. The Morgan fingerprint density at radius 1 is 1.11 bits per heavy atom. The molecule has 3 nitrogen and oxygen atoms in total. The number of rotatable bonds is 2. The van der Waals surface area contributed by atoms with E-state index in [2.05, 4.69) is 35.3 Å². The van der Waals surface area contributed by atoms with E-state index in [0.29, 0.717) is 0 Å². The van der Waals surface area contributed by atoms with E-state index < -0.39 is 0 Å². The summed E-state index contributed by atoms with van der Waals surface area (Å²) in [5.41, 5.74) is 2.64. The van der Waals surface area contributed by atoms with Gasteiger partial charge in [0.1, 0.15) is 5.75 Å². The van der Waals surface area contributed by atoms with Crippen molar-refractivity contribution in [1.82, 2.24) is 5.32 Å². The maximum absolute atomic E-state index is 5.38. The predicted octanol–water partition coefficient (Wildman–Crippen LogP) is 2.48. The van der Waals surface area contributed by atoms with Crippen molar-refractivity contribution >= 4 is 5.69 Å². The molecule has 0 atom stereocenters. The summed E-state index contributed by atoms with van der Waals surface area (Å²) < 4.78 is 5.38. The lowest BCUT2D eigenvalue weighted by Crippen LogP contribution is -2.67. The van der Waals surface area contributed by atoms with Gasteiger partial charge in [0.05, 0.1) is 7.11 Å². The van der Waals surface area contributed by atoms with Crippen LogP contribution in [0.25, 0.3) is 0 Å². The van der Waals surface area contributed by atoms with Crippen molar-refractivity contribution in [2.75, 3.05) is 12.0 Å². The lowest BCUT2D eigenvalue weighted by Gasteiger charge is -2.58. The van der Waals surface area contributed by atoms with Gasteiger partial charge >= 0.3 is 0 Å². The number of nitrogens with zero attached hydrogens (tertiary/aromatic N) is 1. The molecule has 102 valence electrons. The van der Waals surface area contributed by atoms with Crippen molar-refractivity contribution < 1.29 is 4.74 Å². The van der Waals surface area contributed by atoms with Crippen LogP contribution < -0.4 is 15.0 Å². The number of nitrogens with one attached hydrogen (secondary N) is 1. The fraction of sp³-hybridized carbons (Fsp3) is 0.625. The normalized spacial score (nSPS) is 35.8. The highest BCUT2D eigenvalue weighted by Crippen LogP contribution is 2.42. The molecule has 4 aliphatic heterocycles. The van der Waals surface area contributed by atoms with Crippen LogP contribution in [-0.2, 0) is 0 Å². The second-order valence-corrected chi connectivity index (χ2v) is 6.37. The summed E-state index contributed by atoms with van der Waals surface area (Å²) in [6.07, 6.45) is 5.27. The van der Waals surface area contributed by atoms with Crippen molar-refractivity contribution in [3.8, 4) is 5.75 Å². The molecular weight excluding hydrogens is 236 g/mol. The first-order valence-electron chi connectivity index (χ1n) is 7.43. The maximum atomic E-state index is 5.38. The number of ether oxygens (including phenoxy) is 1. The third-order valence-corrected chi connectivity index (χ3v) is 5.16. The minimum Gasteiger partial charge on any atom is -0.496 e. The summed E-state index contributed by atoms with van der Waals surface area (Å²) >= 11 is 0. The molecule has 0 aliphatic carbocycles. The fourth-order valence-corrected chi connectivity index (χ4v) is 4.50. The van der Waals surface area contributed by atoms with Gasteiger partial charge < -0.3 is 15.0 Å². The minimum atomic E-state index is 0.747. The maximum Gasteiger partial charge on any atom is 0.121 e. The molecule has 0 aromatic heterocycles. The highest BCUT2D eigenvalue weighted by atomic mass is 16.5. The molecule has 19 heavy (non-hydrogen) atoms. The van der Waals surface area contributed by atoms with E-state index in [-0.39, 0.29) is 0 Å². The van der Waals surface area contributed by atoms with Crippen LogP contribution in [0.3, 0.4) is 0 Å². The van der Waals surface area contributed by atoms with Crippen LogP contribution in [0.1, 0.15) is 31.2 Å². The van der Waals surface area contributed by atoms with Crippen molar-refractivity contribution in [3.05, 3.63) is 23.8 Å². The molecule has 5 rings (SSSR count). The standard InChI is InChI=1S/C16H22N2O/c1-10-5-13(3-4-16(10)19-2)18-14-6-11-7-15(18)9-12(8-14)17-11/h3-5,11-12,14-15,17H,6-9H2,1-2H3. The van der Waals surface area contributed by atoms with Crippen LogP contribution in [0.15, 0.2) is 18.2 Å². The quantitative estimate of drug-likeness (QED) is 0.882. The number of aryl methyl sites for hydroxylation is 1. The van der Waals surface area contributed by atoms with E-state index in [1.807, 2.05) is 0 Å². The predicted molar refractivity (Wildman–Crippen MR) is 77.0 cm³/mol. The number of benzene rings is 1. The van der Waals surface area contributed by atoms with Gasteiger partial charge in [-0.15, -0.1) is 0 Å². The van der Waals surface area contributed by atoms with Crippen LogP contribution in [0.4, 0.5) is 5.69 Å². The highest BCUT2D eigenvalue weighted by Gasteiger charge is 2.46. The van der Waals surface area contributed by atoms with Crippen molar-refractivity contribution in [2.24, 2.45) is 0 Å². The monoisotopic (exact) mass is 258 g/mol. The Morgan fingerprint density at radius 3 is 2.26 bits per heavy atom. The topological polar surface area (TPSA) is 24.5 Å². The Kier molecular flexibility index (Phi) is 2.52. The van der Waals surface area contributed by atoms with Gasteiger partial charge in [0.25, 0.3) is 0 Å². The van der Waals surface area contributed by atoms with Gasteiger partial charge in [0, 0.05) is 29.9 Å². The van der Waals surface area contributed by atoms with E-state index in [0.717, 1.165) is 29.9 Å². The van der Waals surface area contributed by atoms with Gasteiger partial charge in [-0.05, 0) is 56.4 Å². The largest absolute Gasteiger partial charge is 0.496 e. The van der Waals surface area contributed by atoms with Gasteiger partial charge in [-0.1, -0.05) is 0 Å². The average molecular weight is 258 g/mol. The summed E-state index contributed by atoms with van der Waals surface area (Å²) in [7, 11) is 1.75. The molecule has 1 aromatic rings. The number of hydrogen-bond acceptors (Lipinski definition) is 3. The molecule has 4 bridgehead atoms. The van der Waals surface area contributed by atoms with E-state index >= 15 is 0 Å². The van der Waals surface area contributed by atoms with Crippen LogP contribution in [0.2, 0.25) is 0 Å². The second-order valence-electron chi connectivity index (χ2n) is 6.37. The first kappa shape index (κ1) is 11.6. The number of anilines is 1. The number of methoxy groups -OCH3 is 1. The molecule has 0 saturated carbocycles. The third-order valence-electron chi connectivity index (χ3n) is 5.16. The number of hydrogen-bond donors (Lipinski definition) is 1. The first-order valence-corrected chi connectivity index (χ1v) is 7.43. The Labute approximate surface area is 114 Å². The van der Waals surface area contributed by atoms with Crippen molar-refractivity contribution in [2.45, 2.75) is 56.8 Å². The zero-order valence-electron chi connectivity index (χ0n) is 11.7. The minimum absolute atomic E-state index is 0.747. The second kappa shape index (κ2) is 4.14. The van der Waals surface area contributed by atoms with Gasteiger partial charge in [0.2, 0.25) is 0 Å². The van der Waals surface area contributed by atoms with Gasteiger partial charge in [-0.3, -0.25) is 0 Å². The average Bonchev–Trinajstić information content (AvgIpc) is 2.37. The summed E-state index contributed by atoms with van der Waals surface area (Å²) in [5.74, 6) is 0.996. The van der Waals surface area contributed by atoms with E-state index in [9.17, 15) is 0 Å². The van der Waals surface area contributed by atoms with Crippen molar-refractivity contribution in [3.63, 3.8) is 0 Å². The fourth-order valence-electron chi connectivity index (χ4n) is 4.50. The molecule has 0 spiro atoms. The molecule has 1 N–H and O–H groups in total. The van der Waals surface area contributed by atoms with Crippen molar-refractivity contribution in [1.29, 1.82) is 0 Å². The lowest BCUT2D eigenvalue weighted by molar-refractivity contribution is 0.135. The molecule has 0 amide bonds. The van der Waals surface area contributed by atoms with Crippen LogP contribution >= 0.6 is 0 Å². The molecule has 4 fully saturated rings. The van der Waals surface area contributed by atoms with Crippen LogP contribution in [0.5, 0.6) is 5.75 Å². The zero-order chi connectivity index (χ0) is 13.0. The molecule has 4 saturated heterocycles. The van der Waals surface area contributed by atoms with Crippen LogP contribution in [0, 0.1) is 6.92 Å². The molecule has 0 radical (unpaired) electrons. The Hall–Kier alpha value is -1.22. The summed E-state index contributed by atoms with van der Waals surface area (Å²) in [6, 6.07) is 9.70.